The summed E-state index contributed by atoms with van der Waals surface area (Å²) in [6.45, 7) is -0.0985. The van der Waals surface area contributed by atoms with Crippen LogP contribution in [0.3, 0.4) is 0 Å². The molecule has 0 saturated carbocycles. The Labute approximate surface area is 100 Å². The SMILES string of the molecule is C[N+](C)(CCOS(=O)(=O)O)CCOS(=O)(=O)O. The molecule has 0 saturated heterocycles. The van der Waals surface area contributed by atoms with Crippen molar-refractivity contribution in [2.24, 2.45) is 0 Å². The molecular weight excluding hydrogens is 278 g/mol. The lowest BCUT2D eigenvalue weighted by atomic mass is 10.4. The van der Waals surface area contributed by atoms with Crippen LogP contribution in [0.5, 0.6) is 0 Å². The molecule has 0 aromatic heterocycles. The average molecular weight is 294 g/mol. The van der Waals surface area contributed by atoms with Crippen LogP contribution in [-0.4, -0.2) is 70.8 Å². The van der Waals surface area contributed by atoms with E-state index in [9.17, 15) is 16.8 Å². The summed E-state index contributed by atoms with van der Waals surface area (Å²) in [6.07, 6.45) is 0. The molecule has 17 heavy (non-hydrogen) atoms. The minimum atomic E-state index is -4.47. The molecular formula is C6H16NO8S2+. The van der Waals surface area contributed by atoms with Gasteiger partial charge in [-0.05, 0) is 0 Å². The quantitative estimate of drug-likeness (QED) is 0.418. The molecule has 0 atom stereocenters. The van der Waals surface area contributed by atoms with Crippen LogP contribution in [0.15, 0.2) is 0 Å². The van der Waals surface area contributed by atoms with Crippen molar-refractivity contribution >= 4 is 20.8 Å². The molecule has 0 amide bonds. The van der Waals surface area contributed by atoms with Crippen LogP contribution in [0.4, 0.5) is 0 Å². The number of hydrogen-bond donors (Lipinski definition) is 2. The molecule has 0 rings (SSSR count). The molecule has 0 aliphatic heterocycles. The fourth-order valence-electron chi connectivity index (χ4n) is 0.891. The van der Waals surface area contributed by atoms with E-state index in [4.69, 9.17) is 9.11 Å². The average Bonchev–Trinajstić information content (AvgIpc) is 1.96. The Kier molecular flexibility index (Phi) is 5.93. The highest BCUT2D eigenvalue weighted by Gasteiger charge is 2.18. The summed E-state index contributed by atoms with van der Waals surface area (Å²) in [5.41, 5.74) is 0. The van der Waals surface area contributed by atoms with E-state index in [0.717, 1.165) is 0 Å². The molecule has 0 fully saturated rings. The Bertz CT molecular complexity index is 385. The molecule has 0 aromatic rings. The molecule has 0 aliphatic carbocycles. The highest BCUT2D eigenvalue weighted by molar-refractivity contribution is 7.81. The van der Waals surface area contributed by atoms with Crippen LogP contribution >= 0.6 is 0 Å². The molecule has 0 bridgehead atoms. The van der Waals surface area contributed by atoms with Gasteiger partial charge in [-0.3, -0.25) is 9.11 Å². The summed E-state index contributed by atoms with van der Waals surface area (Å²) in [4.78, 5) is 0. The van der Waals surface area contributed by atoms with Crippen molar-refractivity contribution in [3.05, 3.63) is 0 Å². The summed E-state index contributed by atoms with van der Waals surface area (Å²) in [7, 11) is -5.60. The summed E-state index contributed by atoms with van der Waals surface area (Å²) in [6, 6.07) is 0. The first-order valence-corrected chi connectivity index (χ1v) is 7.20. The lowest BCUT2D eigenvalue weighted by molar-refractivity contribution is -0.890. The monoisotopic (exact) mass is 294 g/mol. The third kappa shape index (κ3) is 12.0. The highest BCUT2D eigenvalue weighted by Crippen LogP contribution is 1.99. The van der Waals surface area contributed by atoms with Gasteiger partial charge < -0.3 is 4.48 Å². The van der Waals surface area contributed by atoms with Crippen molar-refractivity contribution in [3.8, 4) is 0 Å². The fourth-order valence-corrected chi connectivity index (χ4v) is 1.46. The summed E-state index contributed by atoms with van der Waals surface area (Å²) in [5, 5.41) is 0. The molecule has 0 aromatic carbocycles. The van der Waals surface area contributed by atoms with E-state index in [2.05, 4.69) is 8.37 Å². The zero-order chi connectivity index (χ0) is 13.7. The van der Waals surface area contributed by atoms with Crippen LogP contribution in [0, 0.1) is 0 Å². The van der Waals surface area contributed by atoms with E-state index in [0.29, 0.717) is 0 Å². The normalized spacial score (nSPS) is 13.9. The smallest absolute Gasteiger partial charge is 0.325 e. The van der Waals surface area contributed by atoms with Gasteiger partial charge in [0, 0.05) is 0 Å². The van der Waals surface area contributed by atoms with Crippen LogP contribution in [0.2, 0.25) is 0 Å². The number of quaternary nitrogens is 1. The van der Waals surface area contributed by atoms with E-state index in [1.54, 1.807) is 14.1 Å². The van der Waals surface area contributed by atoms with Crippen molar-refractivity contribution in [2.45, 2.75) is 0 Å². The van der Waals surface area contributed by atoms with Gasteiger partial charge in [0.05, 0.1) is 14.1 Å². The first kappa shape index (κ1) is 16.7. The number of hydrogen-bond acceptors (Lipinski definition) is 6. The van der Waals surface area contributed by atoms with E-state index in [1.807, 2.05) is 0 Å². The third-order valence-corrected chi connectivity index (χ3v) is 2.79. The Morgan fingerprint density at radius 2 is 1.18 bits per heavy atom. The third-order valence-electron chi connectivity index (χ3n) is 1.86. The zero-order valence-electron chi connectivity index (χ0n) is 9.44. The minimum absolute atomic E-state index is 0.186. The Morgan fingerprint density at radius 1 is 0.882 bits per heavy atom. The van der Waals surface area contributed by atoms with Gasteiger partial charge in [-0.15, -0.1) is 0 Å². The first-order chi connectivity index (χ1) is 7.41. The maximum Gasteiger partial charge on any atom is 0.397 e. The van der Waals surface area contributed by atoms with E-state index >= 15 is 0 Å². The van der Waals surface area contributed by atoms with Crippen LogP contribution in [0.25, 0.3) is 0 Å². The van der Waals surface area contributed by atoms with Crippen molar-refractivity contribution in [3.63, 3.8) is 0 Å². The predicted molar refractivity (Wildman–Crippen MR) is 56.8 cm³/mol. The maximum atomic E-state index is 10.3. The number of rotatable bonds is 8. The second kappa shape index (κ2) is 6.04. The molecule has 11 heteroatoms. The van der Waals surface area contributed by atoms with Gasteiger partial charge in [0.25, 0.3) is 0 Å². The van der Waals surface area contributed by atoms with Gasteiger partial charge in [0.2, 0.25) is 0 Å². The molecule has 0 spiro atoms. The standard InChI is InChI=1S/C6H15NO8S2/c1-7(2,3-5-14-16(8,9)10)4-6-15-17(11,12)13/h3-6H2,1-2H3,(H-,8,9,10,11,12,13)/p+1. The van der Waals surface area contributed by atoms with Gasteiger partial charge in [-0.2, -0.15) is 16.8 Å². The fraction of sp³-hybridized carbons (Fsp3) is 1.00. The van der Waals surface area contributed by atoms with Crippen LogP contribution in [-0.2, 0) is 29.2 Å². The molecule has 2 N–H and O–H groups in total. The van der Waals surface area contributed by atoms with Gasteiger partial charge in [-0.1, -0.05) is 0 Å². The van der Waals surface area contributed by atoms with Gasteiger partial charge in [0.1, 0.15) is 26.3 Å². The minimum Gasteiger partial charge on any atom is -0.325 e. The lowest BCUT2D eigenvalue weighted by Gasteiger charge is -2.28. The summed E-state index contributed by atoms with van der Waals surface area (Å²) >= 11 is 0. The largest absolute Gasteiger partial charge is 0.397 e. The summed E-state index contributed by atoms with van der Waals surface area (Å²) in [5.74, 6) is 0. The van der Waals surface area contributed by atoms with Crippen LogP contribution < -0.4 is 0 Å². The molecule has 0 unspecified atom stereocenters. The molecule has 0 aliphatic rings. The number of likely N-dealkylation sites (N-methyl/N-ethyl adjacent to an activating group) is 1. The summed E-state index contributed by atoms with van der Waals surface area (Å²) < 4.78 is 66.0. The highest BCUT2D eigenvalue weighted by atomic mass is 32.3. The van der Waals surface area contributed by atoms with Crippen LogP contribution in [0.1, 0.15) is 0 Å². The molecule has 9 nitrogen and oxygen atoms in total. The lowest BCUT2D eigenvalue weighted by Crippen LogP contribution is -2.45. The zero-order valence-corrected chi connectivity index (χ0v) is 11.1. The Hall–Kier alpha value is -0.300. The maximum absolute atomic E-state index is 10.3. The molecule has 0 radical (unpaired) electrons. The first-order valence-electron chi connectivity index (χ1n) is 4.47. The Balaban J connectivity index is 3.96. The number of nitrogens with zero attached hydrogens (tertiary/aromatic N) is 1. The second-order valence-electron chi connectivity index (χ2n) is 3.88. The van der Waals surface area contributed by atoms with E-state index in [1.165, 1.54) is 0 Å². The molecule has 0 heterocycles. The van der Waals surface area contributed by atoms with Gasteiger partial charge >= 0.3 is 20.8 Å². The van der Waals surface area contributed by atoms with Gasteiger partial charge in [-0.25, -0.2) is 8.37 Å². The van der Waals surface area contributed by atoms with Gasteiger partial charge in [0.15, 0.2) is 0 Å². The second-order valence-corrected chi connectivity index (χ2v) is 6.06. The van der Waals surface area contributed by atoms with Crippen molar-refractivity contribution in [1.29, 1.82) is 0 Å². The van der Waals surface area contributed by atoms with Crippen molar-refractivity contribution in [2.75, 3.05) is 40.4 Å². The predicted octanol–water partition coefficient (Wildman–Crippen LogP) is -1.30. The van der Waals surface area contributed by atoms with E-state index < -0.39 is 20.8 Å². The van der Waals surface area contributed by atoms with Crippen molar-refractivity contribution < 1.29 is 38.8 Å². The molecule has 104 valence electrons. The topological polar surface area (TPSA) is 127 Å². The van der Waals surface area contributed by atoms with E-state index in [-0.39, 0.29) is 30.8 Å². The Morgan fingerprint density at radius 3 is 1.41 bits per heavy atom. The van der Waals surface area contributed by atoms with Crippen molar-refractivity contribution in [1.82, 2.24) is 0 Å².